The molecular weight excluding hydrogens is 326 g/mol. The topological polar surface area (TPSA) is 93.5 Å². The number of aromatic nitrogens is 5. The van der Waals surface area contributed by atoms with Gasteiger partial charge < -0.3 is 4.98 Å². The number of aromatic amines is 1. The van der Waals surface area contributed by atoms with Crippen molar-refractivity contribution in [1.82, 2.24) is 25.2 Å². The first-order valence-electron chi connectivity index (χ1n) is 7.89. The van der Waals surface area contributed by atoms with Crippen LogP contribution in [0.3, 0.4) is 0 Å². The van der Waals surface area contributed by atoms with Gasteiger partial charge in [-0.25, -0.2) is 4.68 Å². The Kier molecular flexibility index (Phi) is 5.58. The lowest BCUT2D eigenvalue weighted by molar-refractivity contribution is 0.0988. The van der Waals surface area contributed by atoms with E-state index in [1.807, 2.05) is 13.8 Å². The summed E-state index contributed by atoms with van der Waals surface area (Å²) in [6.07, 6.45) is 0. The van der Waals surface area contributed by atoms with Gasteiger partial charge in [-0.2, -0.15) is 0 Å². The van der Waals surface area contributed by atoms with Gasteiger partial charge in [0, 0.05) is 17.8 Å². The molecule has 0 aliphatic carbocycles. The minimum Gasteiger partial charge on any atom is -0.355 e. The number of Topliss-reactive ketones (excluding diaryl/α,β-unsaturated/α-hetero) is 2. The molecule has 2 heterocycles. The van der Waals surface area contributed by atoms with E-state index in [0.717, 1.165) is 5.69 Å². The number of ketones is 2. The predicted octanol–water partition coefficient (Wildman–Crippen LogP) is 2.84. The lowest BCUT2D eigenvalue weighted by atomic mass is 10.0. The Morgan fingerprint density at radius 3 is 2.46 bits per heavy atom. The third kappa shape index (κ3) is 3.75. The second kappa shape index (κ2) is 7.29. The van der Waals surface area contributed by atoms with E-state index in [2.05, 4.69) is 34.4 Å². The van der Waals surface area contributed by atoms with Gasteiger partial charge in [0.1, 0.15) is 0 Å². The molecule has 0 amide bonds. The monoisotopic (exact) mass is 349 g/mol. The van der Waals surface area contributed by atoms with Crippen LogP contribution in [0.25, 0.3) is 0 Å². The molecule has 0 radical (unpaired) electrons. The number of hydrogen-bond acceptors (Lipinski definition) is 6. The molecule has 2 aromatic heterocycles. The second-order valence-electron chi connectivity index (χ2n) is 6.34. The van der Waals surface area contributed by atoms with Crippen LogP contribution in [0.4, 0.5) is 0 Å². The third-order valence-electron chi connectivity index (χ3n) is 3.72. The zero-order chi connectivity index (χ0) is 18.0. The van der Waals surface area contributed by atoms with Crippen LogP contribution in [-0.4, -0.2) is 42.0 Å². The van der Waals surface area contributed by atoms with Crippen LogP contribution in [0.1, 0.15) is 59.8 Å². The Balaban J connectivity index is 2.21. The highest BCUT2D eigenvalue weighted by molar-refractivity contribution is 8.00. The molecule has 1 N–H and O–H groups in total. The number of nitrogens with zero attached hydrogens (tertiary/aromatic N) is 4. The first-order chi connectivity index (χ1) is 11.2. The van der Waals surface area contributed by atoms with Gasteiger partial charge in [0.2, 0.25) is 5.16 Å². The fourth-order valence-corrected chi connectivity index (χ4v) is 3.54. The summed E-state index contributed by atoms with van der Waals surface area (Å²) in [7, 11) is 0. The van der Waals surface area contributed by atoms with Crippen LogP contribution in [0.2, 0.25) is 0 Å². The summed E-state index contributed by atoms with van der Waals surface area (Å²) in [4.78, 5) is 27.6. The van der Waals surface area contributed by atoms with Crippen molar-refractivity contribution in [2.24, 2.45) is 5.92 Å². The quantitative estimate of drug-likeness (QED) is 0.610. The predicted molar refractivity (Wildman–Crippen MR) is 92.6 cm³/mol. The van der Waals surface area contributed by atoms with E-state index in [1.165, 1.54) is 18.7 Å². The molecule has 0 saturated carbocycles. The van der Waals surface area contributed by atoms with Gasteiger partial charge in [-0.3, -0.25) is 9.59 Å². The van der Waals surface area contributed by atoms with Crippen molar-refractivity contribution in [3.8, 4) is 0 Å². The largest absolute Gasteiger partial charge is 0.355 e. The maximum Gasteiger partial charge on any atom is 0.210 e. The van der Waals surface area contributed by atoms with Gasteiger partial charge in [0.15, 0.2) is 11.6 Å². The van der Waals surface area contributed by atoms with Crippen LogP contribution >= 0.6 is 11.8 Å². The number of hydrogen-bond donors (Lipinski definition) is 1. The van der Waals surface area contributed by atoms with E-state index in [4.69, 9.17) is 0 Å². The van der Waals surface area contributed by atoms with Crippen molar-refractivity contribution < 1.29 is 9.59 Å². The Morgan fingerprint density at radius 1 is 1.25 bits per heavy atom. The molecular formula is C16H23N5O2S. The molecule has 0 aliphatic heterocycles. The standard InChI is InChI=1S/C16H23N5O2S/c1-8(2)7-21-16(18-19-20-21)24-12(6)15(23)14-9(3)13(11(5)22)10(4)17-14/h8,12,17H,7H2,1-6H3. The number of thioether (sulfide) groups is 1. The smallest absolute Gasteiger partial charge is 0.210 e. The highest BCUT2D eigenvalue weighted by Crippen LogP contribution is 2.26. The molecule has 0 aromatic carbocycles. The summed E-state index contributed by atoms with van der Waals surface area (Å²) in [5.41, 5.74) is 2.52. The Morgan fingerprint density at radius 2 is 1.92 bits per heavy atom. The van der Waals surface area contributed by atoms with Gasteiger partial charge in [0.05, 0.1) is 10.9 Å². The van der Waals surface area contributed by atoms with Crippen molar-refractivity contribution in [3.05, 3.63) is 22.5 Å². The minimum absolute atomic E-state index is 0.0403. The summed E-state index contributed by atoms with van der Waals surface area (Å²) in [6, 6.07) is 0. The van der Waals surface area contributed by atoms with E-state index in [9.17, 15) is 9.59 Å². The Labute approximate surface area is 145 Å². The highest BCUT2D eigenvalue weighted by Gasteiger charge is 2.25. The lowest BCUT2D eigenvalue weighted by Gasteiger charge is -2.11. The maximum atomic E-state index is 12.8. The van der Waals surface area contributed by atoms with E-state index >= 15 is 0 Å². The summed E-state index contributed by atoms with van der Waals surface area (Å²) < 4.78 is 1.72. The fourth-order valence-electron chi connectivity index (χ4n) is 2.68. The molecule has 130 valence electrons. The van der Waals surface area contributed by atoms with Gasteiger partial charge in [-0.05, 0) is 49.6 Å². The van der Waals surface area contributed by atoms with Crippen molar-refractivity contribution in [1.29, 1.82) is 0 Å². The number of aryl methyl sites for hydroxylation is 1. The van der Waals surface area contributed by atoms with E-state index in [1.54, 1.807) is 11.6 Å². The molecule has 7 nitrogen and oxygen atoms in total. The second-order valence-corrected chi connectivity index (χ2v) is 7.65. The average Bonchev–Trinajstić information content (AvgIpc) is 3.01. The zero-order valence-corrected chi connectivity index (χ0v) is 15.7. The van der Waals surface area contributed by atoms with E-state index in [-0.39, 0.29) is 16.8 Å². The van der Waals surface area contributed by atoms with Crippen molar-refractivity contribution in [2.45, 2.75) is 58.5 Å². The third-order valence-corrected chi connectivity index (χ3v) is 4.80. The molecule has 2 rings (SSSR count). The SMILES string of the molecule is CC(=O)c1c(C)[nH]c(C(=O)C(C)Sc2nnnn2CC(C)C)c1C. The normalized spacial score (nSPS) is 12.6. The molecule has 1 atom stereocenters. The van der Waals surface area contributed by atoms with Gasteiger partial charge >= 0.3 is 0 Å². The van der Waals surface area contributed by atoms with Crippen molar-refractivity contribution in [2.75, 3.05) is 0 Å². The molecule has 0 bridgehead atoms. The van der Waals surface area contributed by atoms with Crippen molar-refractivity contribution >= 4 is 23.3 Å². The number of carbonyl (C=O) groups is 2. The molecule has 1 unspecified atom stereocenters. The molecule has 2 aromatic rings. The molecule has 0 saturated heterocycles. The van der Waals surface area contributed by atoms with Crippen molar-refractivity contribution in [3.63, 3.8) is 0 Å². The number of nitrogens with one attached hydrogen (secondary N) is 1. The lowest BCUT2D eigenvalue weighted by Crippen LogP contribution is -2.17. The van der Waals surface area contributed by atoms with Crippen LogP contribution in [0.5, 0.6) is 0 Å². The van der Waals surface area contributed by atoms with E-state index < -0.39 is 0 Å². The molecule has 0 aliphatic rings. The molecule has 24 heavy (non-hydrogen) atoms. The number of carbonyl (C=O) groups excluding carboxylic acids is 2. The van der Waals surface area contributed by atoms with Gasteiger partial charge in [-0.1, -0.05) is 25.6 Å². The summed E-state index contributed by atoms with van der Waals surface area (Å²) in [5, 5.41) is 11.9. The van der Waals surface area contributed by atoms with Crippen LogP contribution in [-0.2, 0) is 6.54 Å². The number of rotatable bonds is 7. The average molecular weight is 349 g/mol. The first-order valence-corrected chi connectivity index (χ1v) is 8.77. The number of H-pyrrole nitrogens is 1. The molecule has 0 fully saturated rings. The molecule has 0 spiro atoms. The summed E-state index contributed by atoms with van der Waals surface area (Å²) in [5.74, 6) is 0.305. The summed E-state index contributed by atoms with van der Waals surface area (Å²) in [6.45, 7) is 11.8. The highest BCUT2D eigenvalue weighted by atomic mass is 32.2. The maximum absolute atomic E-state index is 12.8. The zero-order valence-electron chi connectivity index (χ0n) is 14.9. The Bertz CT molecular complexity index is 763. The van der Waals surface area contributed by atoms with E-state index in [0.29, 0.717) is 34.4 Å². The number of tetrazole rings is 1. The fraction of sp³-hybridized carbons (Fsp3) is 0.562. The van der Waals surface area contributed by atoms with Crippen LogP contribution < -0.4 is 0 Å². The first kappa shape index (κ1) is 18.4. The van der Waals surface area contributed by atoms with Gasteiger partial charge in [0.25, 0.3) is 0 Å². The van der Waals surface area contributed by atoms with Crippen LogP contribution in [0.15, 0.2) is 5.16 Å². The Hall–Kier alpha value is -1.96. The molecule has 8 heteroatoms. The van der Waals surface area contributed by atoms with Gasteiger partial charge in [-0.15, -0.1) is 5.10 Å². The minimum atomic E-state index is -0.363. The van der Waals surface area contributed by atoms with Crippen LogP contribution in [0, 0.1) is 19.8 Å². The summed E-state index contributed by atoms with van der Waals surface area (Å²) >= 11 is 1.33.